The number of hydrogen-bond acceptors (Lipinski definition) is 5. The van der Waals surface area contributed by atoms with Crippen LogP contribution in [-0.2, 0) is 19.4 Å². The summed E-state index contributed by atoms with van der Waals surface area (Å²) in [4.78, 5) is 23.4. The van der Waals surface area contributed by atoms with Gasteiger partial charge in [0.15, 0.2) is 16.4 Å². The van der Waals surface area contributed by atoms with Crippen LogP contribution in [-0.4, -0.2) is 32.6 Å². The second-order valence-electron chi connectivity index (χ2n) is 6.55. The molecule has 2 amide bonds. The van der Waals surface area contributed by atoms with E-state index in [0.717, 1.165) is 11.1 Å². The predicted octanol–water partition coefficient (Wildman–Crippen LogP) is 3.09. The number of hydrogen-bond donors (Lipinski definition) is 2. The van der Waals surface area contributed by atoms with Crippen LogP contribution in [0.5, 0.6) is 5.75 Å². The Bertz CT molecular complexity index is 1070. The normalized spacial score (nSPS) is 13.3. The third-order valence-electron chi connectivity index (χ3n) is 4.26. The number of carbonyl (C=O) groups excluding carboxylic acids is 2. The molecule has 0 aliphatic carbocycles. The van der Waals surface area contributed by atoms with Crippen LogP contribution >= 0.6 is 11.6 Å². The van der Waals surface area contributed by atoms with Gasteiger partial charge in [-0.25, -0.2) is 8.42 Å². The van der Waals surface area contributed by atoms with E-state index >= 15 is 0 Å². The van der Waals surface area contributed by atoms with E-state index in [-0.39, 0.29) is 34.6 Å². The standard InChI is InChI=1S/C19H19ClN2O5S/c1-11-3-4-14(12(2)7-11)21-18(23)5-6-28(25,26)17-9-16-15(8-13(17)20)22-19(24)10-27-16/h3-4,7-9H,5-6,10H2,1-2H3,(H,21,23)(H,22,24). The van der Waals surface area contributed by atoms with E-state index in [1.807, 2.05) is 26.0 Å². The molecule has 0 aromatic heterocycles. The Balaban J connectivity index is 1.71. The van der Waals surface area contributed by atoms with Crippen LogP contribution in [0.4, 0.5) is 11.4 Å². The lowest BCUT2D eigenvalue weighted by Crippen LogP contribution is -2.25. The average molecular weight is 423 g/mol. The lowest BCUT2D eigenvalue weighted by Gasteiger charge is -2.19. The van der Waals surface area contributed by atoms with Crippen molar-refractivity contribution in [2.75, 3.05) is 23.0 Å². The summed E-state index contributed by atoms with van der Waals surface area (Å²) in [6.07, 6.45) is -0.222. The molecule has 0 spiro atoms. The quantitative estimate of drug-likeness (QED) is 0.770. The highest BCUT2D eigenvalue weighted by Gasteiger charge is 2.25. The number of sulfone groups is 1. The molecule has 0 bridgehead atoms. The molecule has 0 saturated carbocycles. The van der Waals surface area contributed by atoms with Gasteiger partial charge in [-0.05, 0) is 31.5 Å². The lowest BCUT2D eigenvalue weighted by atomic mass is 10.1. The minimum Gasteiger partial charge on any atom is -0.482 e. The molecule has 2 aromatic rings. The molecule has 1 aliphatic rings. The largest absolute Gasteiger partial charge is 0.482 e. The van der Waals surface area contributed by atoms with Gasteiger partial charge in [-0.2, -0.15) is 0 Å². The van der Waals surface area contributed by atoms with Crippen LogP contribution < -0.4 is 15.4 Å². The summed E-state index contributed by atoms with van der Waals surface area (Å²) < 4.78 is 30.6. The molecule has 0 saturated heterocycles. The average Bonchev–Trinajstić information content (AvgIpc) is 2.61. The van der Waals surface area contributed by atoms with Crippen molar-refractivity contribution in [1.82, 2.24) is 0 Å². The minimum absolute atomic E-state index is 0.0423. The van der Waals surface area contributed by atoms with Crippen LogP contribution in [0.2, 0.25) is 5.02 Å². The minimum atomic E-state index is -3.83. The maximum Gasteiger partial charge on any atom is 0.262 e. The van der Waals surface area contributed by atoms with Gasteiger partial charge >= 0.3 is 0 Å². The summed E-state index contributed by atoms with van der Waals surface area (Å²) in [5.74, 6) is -0.938. The van der Waals surface area contributed by atoms with E-state index in [4.69, 9.17) is 16.3 Å². The molecule has 1 heterocycles. The van der Waals surface area contributed by atoms with Gasteiger partial charge in [0.2, 0.25) is 5.91 Å². The van der Waals surface area contributed by atoms with Crippen molar-refractivity contribution < 1.29 is 22.7 Å². The summed E-state index contributed by atoms with van der Waals surface area (Å²) in [7, 11) is -3.83. The summed E-state index contributed by atoms with van der Waals surface area (Å²) in [6, 6.07) is 8.18. The van der Waals surface area contributed by atoms with Crippen molar-refractivity contribution in [2.24, 2.45) is 0 Å². The Morgan fingerprint density at radius 1 is 1.25 bits per heavy atom. The number of aryl methyl sites for hydroxylation is 2. The van der Waals surface area contributed by atoms with Gasteiger partial charge in [0.25, 0.3) is 5.91 Å². The first-order valence-electron chi connectivity index (χ1n) is 8.52. The van der Waals surface area contributed by atoms with Crippen LogP contribution in [0.3, 0.4) is 0 Å². The van der Waals surface area contributed by atoms with Gasteiger partial charge in [0, 0.05) is 18.2 Å². The molecule has 7 nitrogen and oxygen atoms in total. The van der Waals surface area contributed by atoms with Crippen LogP contribution in [0.25, 0.3) is 0 Å². The molecule has 0 unspecified atom stereocenters. The molecule has 0 radical (unpaired) electrons. The monoisotopic (exact) mass is 422 g/mol. The summed E-state index contributed by atoms with van der Waals surface area (Å²) in [6.45, 7) is 3.61. The summed E-state index contributed by atoms with van der Waals surface area (Å²) >= 11 is 6.09. The van der Waals surface area contributed by atoms with E-state index in [9.17, 15) is 18.0 Å². The zero-order valence-corrected chi connectivity index (χ0v) is 16.9. The number of anilines is 2. The maximum atomic E-state index is 12.7. The van der Waals surface area contributed by atoms with Crippen LogP contribution in [0.15, 0.2) is 35.2 Å². The van der Waals surface area contributed by atoms with Crippen LogP contribution in [0, 0.1) is 13.8 Å². The zero-order chi connectivity index (χ0) is 20.5. The van der Waals surface area contributed by atoms with Crippen molar-refractivity contribution in [2.45, 2.75) is 25.2 Å². The Kier molecular flexibility index (Phi) is 5.62. The SMILES string of the molecule is Cc1ccc(NC(=O)CCS(=O)(=O)c2cc3c(cc2Cl)NC(=O)CO3)c(C)c1. The molecule has 3 rings (SSSR count). The third-order valence-corrected chi connectivity index (χ3v) is 6.43. The molecular formula is C19H19ClN2O5S. The number of rotatable bonds is 5. The van der Waals surface area contributed by atoms with Crippen molar-refractivity contribution in [3.63, 3.8) is 0 Å². The van der Waals surface area contributed by atoms with E-state index in [0.29, 0.717) is 11.4 Å². The summed E-state index contributed by atoms with van der Waals surface area (Å²) in [5.41, 5.74) is 2.92. The topological polar surface area (TPSA) is 102 Å². The Labute approximate surface area is 168 Å². The molecule has 28 heavy (non-hydrogen) atoms. The first-order valence-corrected chi connectivity index (χ1v) is 10.5. The molecule has 1 aliphatic heterocycles. The molecule has 0 fully saturated rings. The first kappa shape index (κ1) is 20.2. The fourth-order valence-electron chi connectivity index (χ4n) is 2.82. The Morgan fingerprint density at radius 2 is 2.00 bits per heavy atom. The second kappa shape index (κ2) is 7.81. The molecule has 9 heteroatoms. The van der Waals surface area contributed by atoms with E-state index in [2.05, 4.69) is 10.6 Å². The molecule has 0 atom stereocenters. The first-order chi connectivity index (χ1) is 13.2. The molecular weight excluding hydrogens is 404 g/mol. The number of benzene rings is 2. The van der Waals surface area contributed by atoms with Gasteiger partial charge in [0.1, 0.15) is 5.75 Å². The number of carbonyl (C=O) groups is 2. The van der Waals surface area contributed by atoms with Gasteiger partial charge < -0.3 is 15.4 Å². The number of halogens is 1. The molecule has 2 N–H and O–H groups in total. The fraction of sp³-hybridized carbons (Fsp3) is 0.263. The second-order valence-corrected chi connectivity index (χ2v) is 9.04. The highest BCUT2D eigenvalue weighted by Crippen LogP contribution is 2.36. The molecule has 2 aromatic carbocycles. The third kappa shape index (κ3) is 4.45. The Hall–Kier alpha value is -2.58. The van der Waals surface area contributed by atoms with Gasteiger partial charge in [0.05, 0.1) is 21.4 Å². The highest BCUT2D eigenvalue weighted by atomic mass is 35.5. The van der Waals surface area contributed by atoms with Gasteiger partial charge in [-0.1, -0.05) is 29.3 Å². The summed E-state index contributed by atoms with van der Waals surface area (Å²) in [5, 5.41) is 5.24. The number of nitrogens with one attached hydrogen (secondary N) is 2. The number of amides is 2. The predicted molar refractivity (Wildman–Crippen MR) is 107 cm³/mol. The zero-order valence-electron chi connectivity index (χ0n) is 15.3. The van der Waals surface area contributed by atoms with Crippen molar-refractivity contribution in [3.8, 4) is 5.75 Å². The van der Waals surface area contributed by atoms with Crippen LogP contribution in [0.1, 0.15) is 17.5 Å². The van der Waals surface area contributed by atoms with E-state index in [1.165, 1.54) is 12.1 Å². The number of ether oxygens (including phenoxy) is 1. The molecule has 148 valence electrons. The van der Waals surface area contributed by atoms with E-state index in [1.54, 1.807) is 6.07 Å². The van der Waals surface area contributed by atoms with Gasteiger partial charge in [-0.15, -0.1) is 0 Å². The smallest absolute Gasteiger partial charge is 0.262 e. The lowest BCUT2D eigenvalue weighted by molar-refractivity contribution is -0.118. The number of fused-ring (bicyclic) bond motifs is 1. The van der Waals surface area contributed by atoms with Crippen molar-refractivity contribution in [3.05, 3.63) is 46.5 Å². The van der Waals surface area contributed by atoms with E-state index < -0.39 is 21.5 Å². The van der Waals surface area contributed by atoms with Gasteiger partial charge in [-0.3, -0.25) is 9.59 Å². The van der Waals surface area contributed by atoms with Crippen molar-refractivity contribution in [1.29, 1.82) is 0 Å². The maximum absolute atomic E-state index is 12.7. The van der Waals surface area contributed by atoms with Crippen molar-refractivity contribution >= 4 is 44.6 Å². The Morgan fingerprint density at radius 3 is 2.71 bits per heavy atom. The highest BCUT2D eigenvalue weighted by molar-refractivity contribution is 7.91. The fourth-order valence-corrected chi connectivity index (χ4v) is 4.66.